The fourth-order valence-corrected chi connectivity index (χ4v) is 0.957. The van der Waals surface area contributed by atoms with E-state index < -0.39 is 0 Å². The van der Waals surface area contributed by atoms with E-state index in [2.05, 4.69) is 4.98 Å². The number of rotatable bonds is 3. The summed E-state index contributed by atoms with van der Waals surface area (Å²) < 4.78 is 5.10. The second kappa shape index (κ2) is 8.10. The van der Waals surface area contributed by atoms with Crippen LogP contribution in [0, 0.1) is 0 Å². The molecule has 1 aromatic heterocycles. The molecule has 0 radical (unpaired) electrons. The van der Waals surface area contributed by atoms with Gasteiger partial charge < -0.3 is 10.5 Å². The molecule has 0 unspecified atom stereocenters. The number of halogens is 2. The third-order valence-electron chi connectivity index (χ3n) is 1.49. The Morgan fingerprint density at radius 3 is 2.69 bits per heavy atom. The second-order valence-electron chi connectivity index (χ2n) is 2.23. The van der Waals surface area contributed by atoms with E-state index in [1.54, 1.807) is 19.5 Å². The summed E-state index contributed by atoms with van der Waals surface area (Å²) in [4.78, 5) is 3.98. The van der Waals surface area contributed by atoms with Crippen LogP contribution < -0.4 is 10.5 Å². The van der Waals surface area contributed by atoms with Crippen molar-refractivity contribution in [2.45, 2.75) is 6.42 Å². The number of nitrogens with zero attached hydrogens (tertiary/aromatic N) is 1. The predicted octanol–water partition coefficient (Wildman–Crippen LogP) is 1.43. The molecule has 1 aromatic rings. The van der Waals surface area contributed by atoms with Crippen molar-refractivity contribution in [1.82, 2.24) is 4.98 Å². The molecule has 0 aliphatic rings. The Bertz CT molecular complexity index is 233. The molecule has 0 aliphatic carbocycles. The summed E-state index contributed by atoms with van der Waals surface area (Å²) in [5.41, 5.74) is 6.47. The van der Waals surface area contributed by atoms with Gasteiger partial charge in [-0.25, -0.2) is 0 Å². The van der Waals surface area contributed by atoms with Crippen molar-refractivity contribution >= 4 is 24.8 Å². The van der Waals surface area contributed by atoms with E-state index in [1.165, 1.54) is 0 Å². The summed E-state index contributed by atoms with van der Waals surface area (Å²) >= 11 is 0. The standard InChI is InChI=1S/C8H12N2O.2ClH/c1-11-8-3-5-10-6-7(8)2-4-9;;/h3,5-6H,2,4,9H2,1H3;2*1H. The molecule has 0 aliphatic heterocycles. The van der Waals surface area contributed by atoms with Gasteiger partial charge in [0.05, 0.1) is 7.11 Å². The van der Waals surface area contributed by atoms with Gasteiger partial charge in [0.1, 0.15) is 5.75 Å². The number of ether oxygens (including phenoxy) is 1. The molecule has 0 fully saturated rings. The van der Waals surface area contributed by atoms with Gasteiger partial charge in [-0.2, -0.15) is 0 Å². The van der Waals surface area contributed by atoms with E-state index in [0.29, 0.717) is 6.54 Å². The first-order valence-electron chi connectivity index (χ1n) is 3.55. The Morgan fingerprint density at radius 1 is 1.46 bits per heavy atom. The average molecular weight is 225 g/mol. The molecule has 0 spiro atoms. The number of hydrogen-bond acceptors (Lipinski definition) is 3. The van der Waals surface area contributed by atoms with Crippen molar-refractivity contribution in [1.29, 1.82) is 0 Å². The Kier molecular flexibility index (Phi) is 9.34. The first-order chi connectivity index (χ1) is 5.38. The summed E-state index contributed by atoms with van der Waals surface area (Å²) in [6.07, 6.45) is 4.31. The van der Waals surface area contributed by atoms with E-state index in [0.717, 1.165) is 17.7 Å². The molecule has 76 valence electrons. The Hall–Kier alpha value is -0.510. The summed E-state index contributed by atoms with van der Waals surface area (Å²) in [5, 5.41) is 0. The SMILES string of the molecule is COc1ccncc1CCN.Cl.Cl. The maximum atomic E-state index is 5.40. The zero-order valence-corrected chi connectivity index (χ0v) is 9.03. The number of pyridine rings is 1. The second-order valence-corrected chi connectivity index (χ2v) is 2.23. The maximum absolute atomic E-state index is 5.40. The van der Waals surface area contributed by atoms with Crippen molar-refractivity contribution < 1.29 is 4.74 Å². The topological polar surface area (TPSA) is 48.1 Å². The lowest BCUT2D eigenvalue weighted by molar-refractivity contribution is 0.409. The highest BCUT2D eigenvalue weighted by Crippen LogP contribution is 2.15. The highest BCUT2D eigenvalue weighted by Gasteiger charge is 1.99. The molecule has 3 nitrogen and oxygen atoms in total. The van der Waals surface area contributed by atoms with Crippen LogP contribution in [0.25, 0.3) is 0 Å². The van der Waals surface area contributed by atoms with Gasteiger partial charge in [0.2, 0.25) is 0 Å². The Morgan fingerprint density at radius 2 is 2.15 bits per heavy atom. The van der Waals surface area contributed by atoms with Gasteiger partial charge >= 0.3 is 0 Å². The largest absolute Gasteiger partial charge is 0.496 e. The molecule has 0 aromatic carbocycles. The van der Waals surface area contributed by atoms with E-state index in [9.17, 15) is 0 Å². The van der Waals surface area contributed by atoms with Crippen LogP contribution in [0.1, 0.15) is 5.56 Å². The number of aromatic nitrogens is 1. The van der Waals surface area contributed by atoms with Gasteiger partial charge in [0.15, 0.2) is 0 Å². The highest BCUT2D eigenvalue weighted by molar-refractivity contribution is 5.85. The lowest BCUT2D eigenvalue weighted by Crippen LogP contribution is -2.04. The highest BCUT2D eigenvalue weighted by atomic mass is 35.5. The third kappa shape index (κ3) is 4.31. The van der Waals surface area contributed by atoms with Crippen molar-refractivity contribution in [3.8, 4) is 5.75 Å². The molecule has 0 bridgehead atoms. The van der Waals surface area contributed by atoms with Crippen molar-refractivity contribution in [2.24, 2.45) is 5.73 Å². The van der Waals surface area contributed by atoms with Gasteiger partial charge in [0.25, 0.3) is 0 Å². The van der Waals surface area contributed by atoms with Crippen LogP contribution in [0.5, 0.6) is 5.75 Å². The van der Waals surface area contributed by atoms with Gasteiger partial charge in [-0.05, 0) is 19.0 Å². The van der Waals surface area contributed by atoms with Gasteiger partial charge in [-0.1, -0.05) is 0 Å². The van der Waals surface area contributed by atoms with Gasteiger partial charge in [-0.15, -0.1) is 24.8 Å². The van der Waals surface area contributed by atoms with Crippen LogP contribution in [0.4, 0.5) is 0 Å². The molecule has 0 atom stereocenters. The third-order valence-corrected chi connectivity index (χ3v) is 1.49. The molecular formula is C8H14Cl2N2O. The summed E-state index contributed by atoms with van der Waals surface area (Å²) in [7, 11) is 1.65. The van der Waals surface area contributed by atoms with E-state index in [-0.39, 0.29) is 24.8 Å². The molecule has 1 heterocycles. The quantitative estimate of drug-likeness (QED) is 0.846. The van der Waals surface area contributed by atoms with Crippen molar-refractivity contribution in [3.05, 3.63) is 24.0 Å². The van der Waals surface area contributed by atoms with Gasteiger partial charge in [0, 0.05) is 18.0 Å². The number of nitrogens with two attached hydrogens (primary N) is 1. The zero-order valence-electron chi connectivity index (χ0n) is 7.40. The van der Waals surface area contributed by atoms with Gasteiger partial charge in [-0.3, -0.25) is 4.98 Å². The van der Waals surface area contributed by atoms with Crippen molar-refractivity contribution in [2.75, 3.05) is 13.7 Å². The fraction of sp³-hybridized carbons (Fsp3) is 0.375. The minimum Gasteiger partial charge on any atom is -0.496 e. The van der Waals surface area contributed by atoms with E-state index in [1.807, 2.05) is 6.07 Å². The zero-order chi connectivity index (χ0) is 8.10. The van der Waals surface area contributed by atoms with Crippen LogP contribution >= 0.6 is 24.8 Å². The monoisotopic (exact) mass is 224 g/mol. The first-order valence-corrected chi connectivity index (χ1v) is 3.55. The van der Waals surface area contributed by atoms with Crippen molar-refractivity contribution in [3.63, 3.8) is 0 Å². The van der Waals surface area contributed by atoms with Crippen LogP contribution in [0.2, 0.25) is 0 Å². The number of methoxy groups -OCH3 is 1. The molecule has 13 heavy (non-hydrogen) atoms. The molecule has 0 saturated carbocycles. The van der Waals surface area contributed by atoms with Crippen LogP contribution in [0.3, 0.4) is 0 Å². The lowest BCUT2D eigenvalue weighted by atomic mass is 10.2. The Balaban J connectivity index is 0. The van der Waals surface area contributed by atoms with E-state index >= 15 is 0 Å². The Labute approximate surface area is 90.5 Å². The van der Waals surface area contributed by atoms with Crippen LogP contribution in [-0.4, -0.2) is 18.6 Å². The normalized spacial score (nSPS) is 8.15. The van der Waals surface area contributed by atoms with E-state index in [4.69, 9.17) is 10.5 Å². The summed E-state index contributed by atoms with van der Waals surface area (Å²) in [6.45, 7) is 0.627. The minimum absolute atomic E-state index is 0. The lowest BCUT2D eigenvalue weighted by Gasteiger charge is -2.04. The smallest absolute Gasteiger partial charge is 0.125 e. The molecule has 2 N–H and O–H groups in total. The van der Waals surface area contributed by atoms with Crippen LogP contribution in [0.15, 0.2) is 18.5 Å². The molecule has 5 heteroatoms. The predicted molar refractivity (Wildman–Crippen MR) is 58.0 cm³/mol. The molecule has 0 amide bonds. The molecule has 1 rings (SSSR count). The minimum atomic E-state index is 0. The van der Waals surface area contributed by atoms with Crippen LogP contribution in [-0.2, 0) is 6.42 Å². The molecular weight excluding hydrogens is 211 g/mol. The first kappa shape index (κ1) is 15.0. The molecule has 0 saturated heterocycles. The summed E-state index contributed by atoms with van der Waals surface area (Å²) in [5.74, 6) is 0.866. The maximum Gasteiger partial charge on any atom is 0.125 e. The number of hydrogen-bond donors (Lipinski definition) is 1. The fourth-order valence-electron chi connectivity index (χ4n) is 0.957. The summed E-state index contributed by atoms with van der Waals surface area (Å²) in [6, 6.07) is 1.84. The average Bonchev–Trinajstić information content (AvgIpc) is 2.06.